The van der Waals surface area contributed by atoms with Crippen LogP contribution in [0.4, 0.5) is 24.5 Å². The van der Waals surface area contributed by atoms with Crippen LogP contribution in [0.5, 0.6) is 0 Å². The Balaban J connectivity index is 1.85. The Morgan fingerprint density at radius 1 is 1.27 bits per heavy atom. The lowest BCUT2D eigenvalue weighted by molar-refractivity contribution is -0.384. The zero-order chi connectivity index (χ0) is 21.7. The number of nitro groups is 1. The number of aromatic nitrogens is 1. The quantitative estimate of drug-likeness (QED) is 0.206. The van der Waals surface area contributed by atoms with E-state index in [1.807, 2.05) is 6.07 Å². The predicted octanol–water partition coefficient (Wildman–Crippen LogP) is 6.31. The third kappa shape index (κ3) is 5.37. The number of nitrogens with one attached hydrogen (secondary N) is 1. The maximum Gasteiger partial charge on any atom is 0.446 e. The maximum absolute atomic E-state index is 12.7. The van der Waals surface area contributed by atoms with E-state index in [2.05, 4.69) is 10.3 Å². The number of nitriles is 1. The highest BCUT2D eigenvalue weighted by Gasteiger charge is 2.30. The van der Waals surface area contributed by atoms with Gasteiger partial charge in [0.2, 0.25) is 0 Å². The number of para-hydroxylation sites is 1. The van der Waals surface area contributed by atoms with Crippen molar-refractivity contribution >= 4 is 40.0 Å². The highest BCUT2D eigenvalue weighted by Crippen LogP contribution is 2.40. The molecule has 0 aliphatic rings. The molecule has 0 aliphatic carbocycles. The molecular weight excluding hydrogens is 437 g/mol. The number of benzene rings is 2. The fourth-order valence-corrected chi connectivity index (χ4v) is 3.83. The van der Waals surface area contributed by atoms with Crippen molar-refractivity contribution < 1.29 is 18.1 Å². The van der Waals surface area contributed by atoms with Crippen molar-refractivity contribution in [3.05, 3.63) is 75.2 Å². The molecule has 3 aromatic rings. The third-order valence-electron chi connectivity index (χ3n) is 3.69. The molecule has 0 saturated carbocycles. The molecule has 3 rings (SSSR count). The SMILES string of the molecule is N#C/C(=C\Nc1ccccc1SC(F)(F)F)c1nc(-c2cccc([N+](=O)[O-])c2)cs1. The number of nitro benzene ring substituents is 1. The van der Waals surface area contributed by atoms with Gasteiger partial charge in [-0.2, -0.15) is 18.4 Å². The summed E-state index contributed by atoms with van der Waals surface area (Å²) in [5.74, 6) is 0. The Bertz CT molecular complexity index is 1150. The molecule has 1 heterocycles. The summed E-state index contributed by atoms with van der Waals surface area (Å²) in [6, 6.07) is 13.7. The van der Waals surface area contributed by atoms with Gasteiger partial charge in [-0.15, -0.1) is 11.3 Å². The van der Waals surface area contributed by atoms with Crippen LogP contribution in [0.25, 0.3) is 16.8 Å². The van der Waals surface area contributed by atoms with Crippen LogP contribution in [0.1, 0.15) is 5.01 Å². The second-order valence-corrected chi connectivity index (χ2v) is 7.67. The van der Waals surface area contributed by atoms with E-state index in [1.165, 1.54) is 42.6 Å². The summed E-state index contributed by atoms with van der Waals surface area (Å²) < 4.78 is 38.1. The number of thioether (sulfide) groups is 1. The summed E-state index contributed by atoms with van der Waals surface area (Å²) in [6.45, 7) is 0. The lowest BCUT2D eigenvalue weighted by Crippen LogP contribution is -2.01. The van der Waals surface area contributed by atoms with E-state index in [0.717, 1.165) is 11.3 Å². The first-order valence-corrected chi connectivity index (χ1v) is 9.89. The number of rotatable bonds is 6. The van der Waals surface area contributed by atoms with E-state index in [9.17, 15) is 28.5 Å². The number of hydrogen-bond donors (Lipinski definition) is 1. The highest BCUT2D eigenvalue weighted by atomic mass is 32.2. The number of thiazole rings is 1. The van der Waals surface area contributed by atoms with Crippen LogP contribution in [0, 0.1) is 21.4 Å². The van der Waals surface area contributed by atoms with Crippen molar-refractivity contribution in [2.75, 3.05) is 5.32 Å². The van der Waals surface area contributed by atoms with Crippen molar-refractivity contribution in [3.8, 4) is 17.3 Å². The van der Waals surface area contributed by atoms with Gasteiger partial charge >= 0.3 is 5.51 Å². The Hall–Kier alpha value is -3.36. The molecule has 0 atom stereocenters. The van der Waals surface area contributed by atoms with Gasteiger partial charge in [-0.25, -0.2) is 4.98 Å². The zero-order valence-electron chi connectivity index (χ0n) is 14.9. The van der Waals surface area contributed by atoms with Crippen LogP contribution in [0.3, 0.4) is 0 Å². The molecule has 1 N–H and O–H groups in total. The Labute approximate surface area is 176 Å². The fourth-order valence-electron chi connectivity index (χ4n) is 2.40. The molecular formula is C19H11F3N4O2S2. The van der Waals surface area contributed by atoms with Gasteiger partial charge < -0.3 is 5.32 Å². The first kappa shape index (κ1) is 21.4. The number of alkyl halides is 3. The Morgan fingerprint density at radius 3 is 2.73 bits per heavy atom. The molecule has 152 valence electrons. The number of halogens is 3. The van der Waals surface area contributed by atoms with Crippen molar-refractivity contribution in [3.63, 3.8) is 0 Å². The first-order chi connectivity index (χ1) is 14.3. The normalized spacial score (nSPS) is 11.7. The smallest absolute Gasteiger partial charge is 0.359 e. The number of hydrogen-bond acceptors (Lipinski definition) is 7. The van der Waals surface area contributed by atoms with Crippen LogP contribution in [0.2, 0.25) is 0 Å². The van der Waals surface area contributed by atoms with Gasteiger partial charge in [0.15, 0.2) is 0 Å². The summed E-state index contributed by atoms with van der Waals surface area (Å²) >= 11 is 0.888. The summed E-state index contributed by atoms with van der Waals surface area (Å²) in [5.41, 5.74) is -3.25. The minimum Gasteiger partial charge on any atom is -0.359 e. The first-order valence-electron chi connectivity index (χ1n) is 8.19. The number of anilines is 1. The molecule has 6 nitrogen and oxygen atoms in total. The van der Waals surface area contributed by atoms with Gasteiger partial charge in [0.1, 0.15) is 16.6 Å². The molecule has 30 heavy (non-hydrogen) atoms. The topological polar surface area (TPSA) is 91.8 Å². The molecule has 0 saturated heterocycles. The van der Waals surface area contributed by atoms with E-state index < -0.39 is 10.4 Å². The minimum atomic E-state index is -4.44. The Kier molecular flexibility index (Phi) is 6.39. The molecule has 0 amide bonds. The molecule has 0 radical (unpaired) electrons. The lowest BCUT2D eigenvalue weighted by Gasteiger charge is -2.10. The van der Waals surface area contributed by atoms with Gasteiger partial charge in [-0.05, 0) is 23.9 Å². The van der Waals surface area contributed by atoms with Gasteiger partial charge in [0.25, 0.3) is 5.69 Å². The third-order valence-corrected chi connectivity index (χ3v) is 5.38. The molecule has 0 spiro atoms. The molecule has 1 aromatic heterocycles. The number of allylic oxidation sites excluding steroid dienone is 1. The van der Waals surface area contributed by atoms with Crippen LogP contribution < -0.4 is 5.32 Å². The average molecular weight is 448 g/mol. The van der Waals surface area contributed by atoms with E-state index in [0.29, 0.717) is 16.3 Å². The molecule has 0 fully saturated rings. The second kappa shape index (κ2) is 8.98. The maximum atomic E-state index is 12.7. The average Bonchev–Trinajstić information content (AvgIpc) is 3.19. The van der Waals surface area contributed by atoms with Crippen LogP contribution >= 0.6 is 23.1 Å². The minimum absolute atomic E-state index is 0.0324. The highest BCUT2D eigenvalue weighted by molar-refractivity contribution is 8.00. The second-order valence-electron chi connectivity index (χ2n) is 5.70. The molecule has 0 bridgehead atoms. The van der Waals surface area contributed by atoms with Crippen molar-refractivity contribution in [2.45, 2.75) is 10.4 Å². The van der Waals surface area contributed by atoms with Gasteiger partial charge in [-0.3, -0.25) is 10.1 Å². The van der Waals surface area contributed by atoms with Crippen LogP contribution in [-0.4, -0.2) is 15.4 Å². The molecule has 0 unspecified atom stereocenters. The van der Waals surface area contributed by atoms with Crippen molar-refractivity contribution in [2.24, 2.45) is 0 Å². The predicted molar refractivity (Wildman–Crippen MR) is 110 cm³/mol. The fraction of sp³-hybridized carbons (Fsp3) is 0.0526. The van der Waals surface area contributed by atoms with Gasteiger partial charge in [0.05, 0.1) is 16.3 Å². The lowest BCUT2D eigenvalue weighted by atomic mass is 10.1. The van der Waals surface area contributed by atoms with E-state index in [1.54, 1.807) is 17.5 Å². The van der Waals surface area contributed by atoms with E-state index in [4.69, 9.17) is 0 Å². The largest absolute Gasteiger partial charge is 0.446 e. The monoisotopic (exact) mass is 448 g/mol. The van der Waals surface area contributed by atoms with Gasteiger partial charge in [-0.1, -0.05) is 24.3 Å². The van der Waals surface area contributed by atoms with Crippen LogP contribution in [-0.2, 0) is 0 Å². The number of nitrogens with zero attached hydrogens (tertiary/aromatic N) is 3. The summed E-state index contributed by atoms with van der Waals surface area (Å²) in [7, 11) is 0. The summed E-state index contributed by atoms with van der Waals surface area (Å²) in [5, 5.41) is 25.1. The Morgan fingerprint density at radius 2 is 2.03 bits per heavy atom. The van der Waals surface area contributed by atoms with Gasteiger partial charge in [0, 0.05) is 34.2 Å². The van der Waals surface area contributed by atoms with E-state index >= 15 is 0 Å². The summed E-state index contributed by atoms with van der Waals surface area (Å²) in [4.78, 5) is 14.7. The summed E-state index contributed by atoms with van der Waals surface area (Å²) in [6.07, 6.45) is 1.28. The van der Waals surface area contributed by atoms with E-state index in [-0.39, 0.29) is 33.6 Å². The van der Waals surface area contributed by atoms with Crippen LogP contribution in [0.15, 0.2) is 65.0 Å². The number of non-ortho nitro benzene ring substituents is 1. The molecule has 0 aliphatic heterocycles. The zero-order valence-corrected chi connectivity index (χ0v) is 16.5. The molecule has 2 aromatic carbocycles. The van der Waals surface area contributed by atoms with Crippen molar-refractivity contribution in [1.82, 2.24) is 4.98 Å². The van der Waals surface area contributed by atoms with Crippen molar-refractivity contribution in [1.29, 1.82) is 5.26 Å². The molecule has 11 heteroatoms. The standard InChI is InChI=1S/C19H11F3N4O2S2/c20-19(21,22)30-17-7-2-1-6-15(17)24-10-13(9-23)18-25-16(11-29-18)12-4-3-5-14(8-12)26(27)28/h1-8,10-11,24H/b13-10+.